The predicted octanol–water partition coefficient (Wildman–Crippen LogP) is 5.50. The summed E-state index contributed by atoms with van der Waals surface area (Å²) in [7, 11) is 0. The Morgan fingerprint density at radius 2 is 0.823 bits per heavy atom. The highest BCUT2D eigenvalue weighted by atomic mass is 16.7. The number of phenolic OH excluding ortho intramolecular Hbond substituents is 5. The van der Waals surface area contributed by atoms with Gasteiger partial charge in [-0.25, -0.2) is 0 Å². The van der Waals surface area contributed by atoms with Crippen LogP contribution in [0.25, 0.3) is 0 Å². The van der Waals surface area contributed by atoms with Gasteiger partial charge in [-0.15, -0.1) is 0 Å². The first-order chi connectivity index (χ1) is 29.9. The molecule has 1 saturated heterocycles. The van der Waals surface area contributed by atoms with Crippen LogP contribution in [-0.4, -0.2) is 83.3 Å². The normalized spacial score (nSPS) is 28.5. The maximum absolute atomic E-state index is 11.5. The molecule has 0 bridgehead atoms. The molecule has 1 aliphatic carbocycles. The minimum Gasteiger partial charge on any atom is -0.508 e. The van der Waals surface area contributed by atoms with Gasteiger partial charge in [-0.05, 0) is 88.0 Å². The Bertz CT molecular complexity index is 2670. The highest BCUT2D eigenvalue weighted by Gasteiger charge is 2.53. The van der Waals surface area contributed by atoms with E-state index in [1.807, 2.05) is 0 Å². The Labute approximate surface area is 353 Å². The lowest BCUT2D eigenvalue weighted by Gasteiger charge is -2.39. The molecule has 4 aliphatic heterocycles. The van der Waals surface area contributed by atoms with Crippen LogP contribution in [0.5, 0.6) is 51.7 Å². The molecule has 1 fully saturated rings. The van der Waals surface area contributed by atoms with Crippen LogP contribution in [0.4, 0.5) is 0 Å². The molecule has 0 aromatic heterocycles. The summed E-state index contributed by atoms with van der Waals surface area (Å²) >= 11 is 0. The van der Waals surface area contributed by atoms with E-state index in [1.54, 1.807) is 109 Å². The van der Waals surface area contributed by atoms with Gasteiger partial charge in [-0.3, -0.25) is 0 Å². The largest absolute Gasteiger partial charge is 0.508 e. The minimum absolute atomic E-state index is 0.0423. The molecule has 11 atom stereocenters. The van der Waals surface area contributed by atoms with Crippen molar-refractivity contribution in [2.24, 2.45) is 0 Å². The average molecular weight is 841 g/mol. The van der Waals surface area contributed by atoms with E-state index in [0.29, 0.717) is 61.8 Å². The highest BCUT2D eigenvalue weighted by molar-refractivity contribution is 5.70. The molecule has 6 aromatic rings. The second-order valence-electron chi connectivity index (χ2n) is 16.5. The van der Waals surface area contributed by atoms with E-state index >= 15 is 0 Å². The fourth-order valence-electron chi connectivity index (χ4n) is 10.1. The Balaban J connectivity index is 1.21. The van der Waals surface area contributed by atoms with Gasteiger partial charge >= 0.3 is 0 Å². The third-order valence-corrected chi connectivity index (χ3v) is 12.8. The van der Waals surface area contributed by atoms with Gasteiger partial charge in [0.05, 0.1) is 24.4 Å². The fourth-order valence-corrected chi connectivity index (χ4v) is 10.1. The first-order valence-corrected chi connectivity index (χ1v) is 20.2. The van der Waals surface area contributed by atoms with Crippen molar-refractivity contribution < 1.29 is 69.6 Å². The molecular formula is C48H40O14. The first-order valence-electron chi connectivity index (χ1n) is 20.2. The third kappa shape index (κ3) is 5.90. The Kier molecular flexibility index (Phi) is 8.76. The van der Waals surface area contributed by atoms with Gasteiger partial charge in [-0.2, -0.15) is 0 Å². The number of benzene rings is 6. The van der Waals surface area contributed by atoms with Crippen molar-refractivity contribution in [2.75, 3.05) is 6.61 Å². The van der Waals surface area contributed by atoms with Crippen molar-refractivity contribution in [2.45, 2.75) is 66.8 Å². The van der Waals surface area contributed by atoms with E-state index in [9.17, 15) is 46.0 Å². The van der Waals surface area contributed by atoms with Crippen LogP contribution in [0.3, 0.4) is 0 Å². The lowest BCUT2D eigenvalue weighted by Crippen LogP contribution is -2.60. The molecule has 6 aromatic carbocycles. The lowest BCUT2D eigenvalue weighted by atomic mass is 9.76. The summed E-state index contributed by atoms with van der Waals surface area (Å²) in [6.07, 6.45) is -10.1. The van der Waals surface area contributed by atoms with Crippen molar-refractivity contribution in [1.29, 1.82) is 0 Å². The van der Waals surface area contributed by atoms with Gasteiger partial charge in [0.2, 0.25) is 6.29 Å². The molecule has 9 N–H and O–H groups in total. The van der Waals surface area contributed by atoms with Crippen molar-refractivity contribution in [3.8, 4) is 51.7 Å². The molecule has 0 unspecified atom stereocenters. The molecular weight excluding hydrogens is 801 g/mol. The molecule has 0 amide bonds. The van der Waals surface area contributed by atoms with Crippen molar-refractivity contribution in [3.63, 3.8) is 0 Å². The van der Waals surface area contributed by atoms with E-state index in [0.717, 1.165) is 5.56 Å². The number of hydrogen-bond donors (Lipinski definition) is 9. The molecule has 0 saturated carbocycles. The van der Waals surface area contributed by atoms with E-state index in [2.05, 4.69) is 0 Å². The Hall–Kier alpha value is -6.68. The zero-order chi connectivity index (χ0) is 42.7. The number of aliphatic hydroxyl groups excluding tert-OH is 4. The summed E-state index contributed by atoms with van der Waals surface area (Å²) in [4.78, 5) is 0. The number of hydrogen-bond acceptors (Lipinski definition) is 14. The predicted molar refractivity (Wildman–Crippen MR) is 217 cm³/mol. The maximum atomic E-state index is 11.5. The van der Waals surface area contributed by atoms with Crippen molar-refractivity contribution in [1.82, 2.24) is 0 Å². The Morgan fingerprint density at radius 1 is 0.435 bits per heavy atom. The molecule has 14 nitrogen and oxygen atoms in total. The van der Waals surface area contributed by atoms with Crippen LogP contribution in [0.1, 0.15) is 86.1 Å². The van der Waals surface area contributed by atoms with Crippen LogP contribution in [0.15, 0.2) is 109 Å². The van der Waals surface area contributed by atoms with Crippen molar-refractivity contribution in [3.05, 3.63) is 159 Å². The van der Waals surface area contributed by atoms with Gasteiger partial charge in [-0.1, -0.05) is 36.4 Å². The zero-order valence-electron chi connectivity index (χ0n) is 32.5. The van der Waals surface area contributed by atoms with Crippen LogP contribution >= 0.6 is 0 Å². The summed E-state index contributed by atoms with van der Waals surface area (Å²) in [6.45, 7) is -0.663. The number of aromatic hydroxyl groups is 5. The standard InChI is InChI=1S/C48H40O14/c49-19-35-42(55)43(56)44(57)48(62-35)58-28-17-31-38-34(18-28)61-46(21-3-9-24(51)10-4-21)40(38)29-13-26(53)15-32-36(29)39(45(59-32)20-1-7-23(50)8-2-20)30-14-27(54)16-33-37(30)41(31)47(60-33)22-5-11-25(52)12-6-22/h1-18,35,39-57H,19H2/t35-,39+,40-,41+,42-,43+,44-,45-,46+,47-,48-/m1/s1. The summed E-state index contributed by atoms with van der Waals surface area (Å²) in [5, 5.41) is 96.4. The van der Waals surface area contributed by atoms with Gasteiger partial charge < -0.3 is 69.6 Å². The van der Waals surface area contributed by atoms with Crippen molar-refractivity contribution >= 4 is 0 Å². The monoisotopic (exact) mass is 840 g/mol. The second-order valence-corrected chi connectivity index (χ2v) is 16.5. The van der Waals surface area contributed by atoms with E-state index in [-0.39, 0.29) is 34.5 Å². The van der Waals surface area contributed by atoms with Crippen LogP contribution in [-0.2, 0) is 4.74 Å². The quantitative estimate of drug-likeness (QED) is 0.101. The average Bonchev–Trinajstić information content (AvgIpc) is 3.96. The zero-order valence-corrected chi connectivity index (χ0v) is 32.5. The fraction of sp³-hybridized carbons (Fsp3) is 0.250. The lowest BCUT2D eigenvalue weighted by molar-refractivity contribution is -0.277. The topological polar surface area (TPSA) is 228 Å². The summed E-state index contributed by atoms with van der Waals surface area (Å²) < 4.78 is 32.8. The minimum atomic E-state index is -1.72. The molecule has 0 radical (unpaired) electrons. The van der Waals surface area contributed by atoms with E-state index in [4.69, 9.17) is 23.7 Å². The molecule has 11 rings (SSSR count). The molecule has 0 spiro atoms. The first kappa shape index (κ1) is 38.3. The highest BCUT2D eigenvalue weighted by Crippen LogP contribution is 2.66. The number of ether oxygens (including phenoxy) is 5. The number of aliphatic hydroxyl groups is 4. The van der Waals surface area contributed by atoms with Gasteiger partial charge in [0.25, 0.3) is 0 Å². The molecule has 4 heterocycles. The van der Waals surface area contributed by atoms with Gasteiger partial charge in [0.1, 0.15) is 94.5 Å². The molecule has 62 heavy (non-hydrogen) atoms. The van der Waals surface area contributed by atoms with Crippen LogP contribution in [0.2, 0.25) is 0 Å². The summed E-state index contributed by atoms with van der Waals surface area (Å²) in [6, 6.07) is 29.8. The van der Waals surface area contributed by atoms with E-state index in [1.165, 1.54) is 0 Å². The maximum Gasteiger partial charge on any atom is 0.229 e. The summed E-state index contributed by atoms with van der Waals surface area (Å²) in [5.74, 6) is -0.752. The summed E-state index contributed by atoms with van der Waals surface area (Å²) in [5.41, 5.74) is 6.14. The number of phenols is 5. The number of rotatable bonds is 6. The molecule has 316 valence electrons. The second kappa shape index (κ2) is 14.2. The molecule has 14 heteroatoms. The Morgan fingerprint density at radius 3 is 1.23 bits per heavy atom. The van der Waals surface area contributed by atoms with Gasteiger partial charge in [0.15, 0.2) is 0 Å². The smallest absolute Gasteiger partial charge is 0.229 e. The number of fused-ring (bicyclic) bond motifs is 3. The SMILES string of the molecule is OC[C@H]1O[C@@H](Oc2cc3c4c(c2)[C@H]2c5c(cc(O)cc5[C@H]5c6c(cc(O)cc6[C@H]4[C@H](c4ccc(O)cc4)O3)O[C@@H]5c3ccc(O)cc3)O[C@@H]2c2ccc(O)cc2)[C@H](O)[C@@H](O)[C@@H]1O. The van der Waals surface area contributed by atoms with Crippen LogP contribution in [0, 0.1) is 0 Å². The third-order valence-electron chi connectivity index (χ3n) is 12.8. The molecule has 5 aliphatic rings. The van der Waals surface area contributed by atoms with Crippen LogP contribution < -0.4 is 18.9 Å². The van der Waals surface area contributed by atoms with Gasteiger partial charge in [0, 0.05) is 34.9 Å². The van der Waals surface area contributed by atoms with E-state index < -0.39 is 73.4 Å².